The van der Waals surface area contributed by atoms with Gasteiger partial charge in [-0.15, -0.1) is 0 Å². The number of hydrogen-bond acceptors (Lipinski definition) is 6. The van der Waals surface area contributed by atoms with E-state index in [0.29, 0.717) is 12.0 Å². The van der Waals surface area contributed by atoms with Crippen molar-refractivity contribution < 1.29 is 0 Å². The van der Waals surface area contributed by atoms with Gasteiger partial charge >= 0.3 is 0 Å². The summed E-state index contributed by atoms with van der Waals surface area (Å²) in [6.07, 6.45) is 7.84. The molecule has 0 radical (unpaired) electrons. The molecule has 1 aliphatic carbocycles. The molecular formula is C16H20N6. The minimum absolute atomic E-state index is 0.469. The molecule has 2 fully saturated rings. The van der Waals surface area contributed by atoms with Gasteiger partial charge in [0.1, 0.15) is 23.8 Å². The number of hydrogen-bond donors (Lipinski definition) is 0. The number of aromatic nitrogens is 4. The topological polar surface area (TPSA) is 58.0 Å². The Kier molecular flexibility index (Phi) is 3.17. The zero-order valence-electron chi connectivity index (χ0n) is 13.0. The van der Waals surface area contributed by atoms with Gasteiger partial charge in [0.25, 0.3) is 0 Å². The van der Waals surface area contributed by atoms with Crippen molar-refractivity contribution in [3.63, 3.8) is 0 Å². The number of nitrogens with zero attached hydrogens (tertiary/aromatic N) is 6. The van der Waals surface area contributed by atoms with Crippen molar-refractivity contribution in [1.29, 1.82) is 0 Å². The maximum atomic E-state index is 4.72. The first-order valence-electron chi connectivity index (χ1n) is 7.79. The Morgan fingerprint density at radius 2 is 2.05 bits per heavy atom. The van der Waals surface area contributed by atoms with Crippen molar-refractivity contribution in [2.24, 2.45) is 0 Å². The van der Waals surface area contributed by atoms with Gasteiger partial charge in [-0.2, -0.15) is 0 Å². The van der Waals surface area contributed by atoms with Gasteiger partial charge in [-0.1, -0.05) is 0 Å². The lowest BCUT2D eigenvalue weighted by Crippen LogP contribution is -2.59. The molecule has 1 saturated heterocycles. The first-order valence-corrected chi connectivity index (χ1v) is 7.79. The summed E-state index contributed by atoms with van der Waals surface area (Å²) in [5.41, 5.74) is 1.13. The van der Waals surface area contributed by atoms with Crippen molar-refractivity contribution in [3.8, 4) is 0 Å². The fourth-order valence-corrected chi connectivity index (χ4v) is 2.88. The summed E-state index contributed by atoms with van der Waals surface area (Å²) >= 11 is 0. The molecule has 1 aliphatic heterocycles. The molecule has 114 valence electrons. The molecule has 0 atom stereocenters. The van der Waals surface area contributed by atoms with Gasteiger partial charge in [-0.3, -0.25) is 0 Å². The van der Waals surface area contributed by atoms with E-state index in [2.05, 4.69) is 38.7 Å². The van der Waals surface area contributed by atoms with Crippen molar-refractivity contribution >= 4 is 11.6 Å². The van der Waals surface area contributed by atoms with E-state index in [1.165, 1.54) is 12.8 Å². The number of aryl methyl sites for hydroxylation is 1. The maximum absolute atomic E-state index is 4.72. The molecule has 0 amide bonds. The summed E-state index contributed by atoms with van der Waals surface area (Å²) in [4.78, 5) is 22.1. The summed E-state index contributed by atoms with van der Waals surface area (Å²) in [7, 11) is 2.12. The molecule has 0 N–H and O–H groups in total. The lowest BCUT2D eigenvalue weighted by atomic mass is 10.1. The van der Waals surface area contributed by atoms with Gasteiger partial charge in [0.05, 0.1) is 6.04 Å². The molecule has 6 nitrogen and oxygen atoms in total. The SMILES string of the molecule is Cc1cncnc1N1CC(N(C)c2ccnc(C3CC3)n2)C1. The molecule has 3 heterocycles. The van der Waals surface area contributed by atoms with Gasteiger partial charge < -0.3 is 9.80 Å². The van der Waals surface area contributed by atoms with Crippen LogP contribution in [0.2, 0.25) is 0 Å². The Bertz CT molecular complexity index is 678. The molecule has 6 heteroatoms. The lowest BCUT2D eigenvalue weighted by molar-refractivity contribution is 0.487. The first kappa shape index (κ1) is 13.4. The summed E-state index contributed by atoms with van der Waals surface area (Å²) in [5.74, 6) is 3.67. The van der Waals surface area contributed by atoms with Gasteiger partial charge in [0.2, 0.25) is 0 Å². The average Bonchev–Trinajstić information content (AvgIpc) is 3.32. The average molecular weight is 296 g/mol. The third kappa shape index (κ3) is 2.38. The molecule has 1 saturated carbocycles. The van der Waals surface area contributed by atoms with Crippen LogP contribution in [0.1, 0.15) is 30.1 Å². The highest BCUT2D eigenvalue weighted by atomic mass is 15.3. The van der Waals surface area contributed by atoms with Crippen molar-refractivity contribution in [2.75, 3.05) is 29.9 Å². The number of rotatable bonds is 4. The standard InChI is InChI=1S/C16H20N6/c1-11-7-17-10-19-16(11)22-8-13(9-22)21(2)14-5-6-18-15(20-14)12-3-4-12/h5-7,10,12-13H,3-4,8-9H2,1-2H3. The van der Waals surface area contributed by atoms with Crippen LogP contribution >= 0.6 is 0 Å². The van der Waals surface area contributed by atoms with E-state index >= 15 is 0 Å². The van der Waals surface area contributed by atoms with Crippen LogP contribution in [0.25, 0.3) is 0 Å². The van der Waals surface area contributed by atoms with Gasteiger partial charge in [0.15, 0.2) is 0 Å². The Morgan fingerprint density at radius 1 is 1.23 bits per heavy atom. The quantitative estimate of drug-likeness (QED) is 0.857. The second-order valence-corrected chi connectivity index (χ2v) is 6.25. The van der Waals surface area contributed by atoms with Crippen LogP contribution in [0.4, 0.5) is 11.6 Å². The number of likely N-dealkylation sites (N-methyl/N-ethyl adjacent to an activating group) is 1. The van der Waals surface area contributed by atoms with Crippen molar-refractivity contribution in [1.82, 2.24) is 19.9 Å². The van der Waals surface area contributed by atoms with Gasteiger partial charge in [-0.25, -0.2) is 19.9 Å². The van der Waals surface area contributed by atoms with Crippen LogP contribution in [-0.2, 0) is 0 Å². The van der Waals surface area contributed by atoms with Crippen LogP contribution in [0.5, 0.6) is 0 Å². The summed E-state index contributed by atoms with van der Waals surface area (Å²) in [6.45, 7) is 3.99. The highest BCUT2D eigenvalue weighted by molar-refractivity contribution is 5.51. The van der Waals surface area contributed by atoms with Crippen molar-refractivity contribution in [3.05, 3.63) is 36.2 Å². The van der Waals surface area contributed by atoms with Crippen LogP contribution < -0.4 is 9.80 Å². The molecule has 2 aliphatic rings. The predicted octanol–water partition coefficient (Wildman–Crippen LogP) is 1.78. The molecule has 0 bridgehead atoms. The lowest BCUT2D eigenvalue weighted by Gasteiger charge is -2.45. The minimum atomic E-state index is 0.469. The van der Waals surface area contributed by atoms with Crippen LogP contribution in [0.15, 0.2) is 24.8 Å². The predicted molar refractivity (Wildman–Crippen MR) is 85.2 cm³/mol. The van der Waals surface area contributed by atoms with Crippen LogP contribution in [0, 0.1) is 6.92 Å². The molecular weight excluding hydrogens is 276 g/mol. The second-order valence-electron chi connectivity index (χ2n) is 6.25. The maximum Gasteiger partial charge on any atom is 0.135 e. The van der Waals surface area contributed by atoms with Crippen molar-refractivity contribution in [2.45, 2.75) is 31.7 Å². The zero-order valence-corrected chi connectivity index (χ0v) is 13.0. The summed E-state index contributed by atoms with van der Waals surface area (Å²) < 4.78 is 0. The third-order valence-corrected chi connectivity index (χ3v) is 4.54. The Hall–Kier alpha value is -2.24. The van der Waals surface area contributed by atoms with E-state index in [1.54, 1.807) is 6.33 Å². The van der Waals surface area contributed by atoms with E-state index in [4.69, 9.17) is 4.98 Å². The molecule has 0 aromatic carbocycles. The molecule has 4 rings (SSSR count). The zero-order chi connectivity index (χ0) is 15.1. The Balaban J connectivity index is 1.44. The summed E-state index contributed by atoms with van der Waals surface area (Å²) in [6, 6.07) is 2.47. The highest BCUT2D eigenvalue weighted by Crippen LogP contribution is 2.38. The molecule has 0 spiro atoms. The third-order valence-electron chi connectivity index (χ3n) is 4.54. The van der Waals surface area contributed by atoms with E-state index in [1.807, 2.05) is 18.5 Å². The molecule has 0 unspecified atom stereocenters. The minimum Gasteiger partial charge on any atom is -0.353 e. The van der Waals surface area contributed by atoms with E-state index in [-0.39, 0.29) is 0 Å². The fourth-order valence-electron chi connectivity index (χ4n) is 2.88. The van der Waals surface area contributed by atoms with Crippen LogP contribution in [-0.4, -0.2) is 46.1 Å². The highest BCUT2D eigenvalue weighted by Gasteiger charge is 2.33. The number of anilines is 2. The van der Waals surface area contributed by atoms with Crippen LogP contribution in [0.3, 0.4) is 0 Å². The Labute approximate surface area is 130 Å². The fraction of sp³-hybridized carbons (Fsp3) is 0.500. The molecule has 2 aromatic heterocycles. The second kappa shape index (κ2) is 5.19. The van der Waals surface area contributed by atoms with E-state index in [0.717, 1.165) is 36.1 Å². The van der Waals surface area contributed by atoms with E-state index < -0.39 is 0 Å². The first-order chi connectivity index (χ1) is 10.7. The Morgan fingerprint density at radius 3 is 2.77 bits per heavy atom. The smallest absolute Gasteiger partial charge is 0.135 e. The van der Waals surface area contributed by atoms with Gasteiger partial charge in [-0.05, 0) is 25.8 Å². The molecule has 22 heavy (non-hydrogen) atoms. The van der Waals surface area contributed by atoms with Gasteiger partial charge in [0, 0.05) is 44.0 Å². The largest absolute Gasteiger partial charge is 0.353 e. The molecule has 2 aromatic rings. The summed E-state index contributed by atoms with van der Waals surface area (Å²) in [5, 5.41) is 0. The van der Waals surface area contributed by atoms with E-state index in [9.17, 15) is 0 Å². The normalized spacial score (nSPS) is 18.2. The monoisotopic (exact) mass is 296 g/mol.